The molecule has 3 aromatic rings. The van der Waals surface area contributed by atoms with Crippen LogP contribution in [0.2, 0.25) is 5.02 Å². The third-order valence-electron chi connectivity index (χ3n) is 6.01. The molecule has 2 aromatic carbocycles. The molecule has 0 saturated carbocycles. The zero-order valence-electron chi connectivity index (χ0n) is 20.2. The van der Waals surface area contributed by atoms with Crippen LogP contribution in [0.1, 0.15) is 32.4 Å². The van der Waals surface area contributed by atoms with E-state index in [4.69, 9.17) is 21.4 Å². The first-order valence-corrected chi connectivity index (χ1v) is 12.1. The number of nitrogens with zero attached hydrogens (tertiary/aromatic N) is 3. The number of rotatable bonds is 7. The lowest BCUT2D eigenvalue weighted by molar-refractivity contribution is -0.120. The van der Waals surface area contributed by atoms with Crippen LogP contribution in [0.15, 0.2) is 48.5 Å². The zero-order valence-corrected chi connectivity index (χ0v) is 20.9. The van der Waals surface area contributed by atoms with E-state index in [2.05, 4.69) is 15.5 Å². The van der Waals surface area contributed by atoms with Crippen LogP contribution in [0.25, 0.3) is 5.69 Å². The fourth-order valence-electron chi connectivity index (χ4n) is 4.29. The van der Waals surface area contributed by atoms with E-state index in [0.717, 1.165) is 28.6 Å². The SMILES string of the molecule is CCOc1ccc(NC(=O)C2CCN(c3c(NC(C)=O)c(C)nn3-c3ccc(Cl)cc3)CC2)cc1. The predicted octanol–water partition coefficient (Wildman–Crippen LogP) is 5.05. The van der Waals surface area contributed by atoms with E-state index >= 15 is 0 Å². The minimum Gasteiger partial charge on any atom is -0.494 e. The van der Waals surface area contributed by atoms with Gasteiger partial charge in [-0.05, 0) is 75.2 Å². The third-order valence-corrected chi connectivity index (χ3v) is 6.26. The molecule has 9 heteroatoms. The molecule has 1 aliphatic heterocycles. The number of carbonyl (C=O) groups excluding carboxylic acids is 2. The van der Waals surface area contributed by atoms with Crippen LogP contribution in [0, 0.1) is 12.8 Å². The number of aromatic nitrogens is 2. The summed E-state index contributed by atoms with van der Waals surface area (Å²) < 4.78 is 7.29. The Labute approximate surface area is 210 Å². The third kappa shape index (κ3) is 5.77. The van der Waals surface area contributed by atoms with Gasteiger partial charge in [-0.25, -0.2) is 4.68 Å². The lowest BCUT2D eigenvalue weighted by Crippen LogP contribution is -2.39. The van der Waals surface area contributed by atoms with Crippen LogP contribution in [-0.4, -0.2) is 41.3 Å². The molecule has 1 aromatic heterocycles. The van der Waals surface area contributed by atoms with Gasteiger partial charge in [0.25, 0.3) is 0 Å². The average molecular weight is 496 g/mol. The molecular formula is C26H30ClN5O3. The van der Waals surface area contributed by atoms with Crippen LogP contribution >= 0.6 is 11.6 Å². The normalized spacial score (nSPS) is 14.0. The van der Waals surface area contributed by atoms with Gasteiger partial charge in [0.05, 0.1) is 18.0 Å². The highest BCUT2D eigenvalue weighted by atomic mass is 35.5. The smallest absolute Gasteiger partial charge is 0.227 e. The molecular weight excluding hydrogens is 466 g/mol. The summed E-state index contributed by atoms with van der Waals surface area (Å²) in [5, 5.41) is 11.3. The Bertz CT molecular complexity index is 1180. The summed E-state index contributed by atoms with van der Waals surface area (Å²) in [4.78, 5) is 27.0. The number of halogens is 1. The molecule has 0 spiro atoms. The summed E-state index contributed by atoms with van der Waals surface area (Å²) in [6, 6.07) is 14.8. The van der Waals surface area contributed by atoms with Crippen molar-refractivity contribution in [1.29, 1.82) is 0 Å². The highest BCUT2D eigenvalue weighted by Crippen LogP contribution is 2.35. The van der Waals surface area contributed by atoms with Gasteiger partial charge in [-0.2, -0.15) is 5.10 Å². The van der Waals surface area contributed by atoms with Gasteiger partial charge in [-0.1, -0.05) is 11.6 Å². The number of hydrogen-bond acceptors (Lipinski definition) is 5. The molecule has 0 atom stereocenters. The van der Waals surface area contributed by atoms with E-state index in [-0.39, 0.29) is 17.7 Å². The number of hydrogen-bond donors (Lipinski definition) is 2. The molecule has 8 nitrogen and oxygen atoms in total. The summed E-state index contributed by atoms with van der Waals surface area (Å²) >= 11 is 6.08. The predicted molar refractivity (Wildman–Crippen MR) is 139 cm³/mol. The Morgan fingerprint density at radius 1 is 1.06 bits per heavy atom. The largest absolute Gasteiger partial charge is 0.494 e. The summed E-state index contributed by atoms with van der Waals surface area (Å²) in [5.74, 6) is 1.34. The zero-order chi connectivity index (χ0) is 24.9. The Hall–Kier alpha value is -3.52. The van der Waals surface area contributed by atoms with Gasteiger partial charge in [-0.3, -0.25) is 9.59 Å². The second-order valence-electron chi connectivity index (χ2n) is 8.56. The lowest BCUT2D eigenvalue weighted by atomic mass is 9.95. The van der Waals surface area contributed by atoms with Crippen LogP contribution in [0.5, 0.6) is 5.75 Å². The summed E-state index contributed by atoms with van der Waals surface area (Å²) in [7, 11) is 0. The van der Waals surface area contributed by atoms with Gasteiger partial charge >= 0.3 is 0 Å². The first-order chi connectivity index (χ1) is 16.9. The number of nitrogens with one attached hydrogen (secondary N) is 2. The van der Waals surface area contributed by atoms with Gasteiger partial charge in [0, 0.05) is 36.6 Å². The fraction of sp³-hybridized carbons (Fsp3) is 0.346. The van der Waals surface area contributed by atoms with Crippen molar-refractivity contribution in [1.82, 2.24) is 9.78 Å². The van der Waals surface area contributed by atoms with Crippen molar-refractivity contribution in [3.05, 3.63) is 59.2 Å². The molecule has 35 heavy (non-hydrogen) atoms. The minimum atomic E-state index is -0.158. The maximum atomic E-state index is 12.9. The van der Waals surface area contributed by atoms with Crippen LogP contribution in [0.4, 0.5) is 17.2 Å². The van der Waals surface area contributed by atoms with Crippen molar-refractivity contribution in [2.75, 3.05) is 35.2 Å². The molecule has 0 unspecified atom stereocenters. The molecule has 1 aliphatic rings. The highest BCUT2D eigenvalue weighted by Gasteiger charge is 2.30. The molecule has 2 N–H and O–H groups in total. The van der Waals surface area contributed by atoms with E-state index in [1.165, 1.54) is 6.92 Å². The second-order valence-corrected chi connectivity index (χ2v) is 9.00. The van der Waals surface area contributed by atoms with Gasteiger partial charge < -0.3 is 20.3 Å². The second kappa shape index (κ2) is 10.8. The Balaban J connectivity index is 1.49. The monoisotopic (exact) mass is 495 g/mol. The van der Waals surface area contributed by atoms with Gasteiger partial charge in [0.1, 0.15) is 11.4 Å². The molecule has 0 aliphatic carbocycles. The molecule has 1 fully saturated rings. The van der Waals surface area contributed by atoms with E-state index in [0.29, 0.717) is 43.2 Å². The van der Waals surface area contributed by atoms with Crippen molar-refractivity contribution >= 4 is 40.6 Å². The molecule has 0 bridgehead atoms. The Morgan fingerprint density at radius 3 is 2.31 bits per heavy atom. The maximum absolute atomic E-state index is 12.9. The van der Waals surface area contributed by atoms with E-state index in [1.807, 2.05) is 67.1 Å². The number of ether oxygens (including phenoxy) is 1. The number of aryl methyl sites for hydroxylation is 1. The summed E-state index contributed by atoms with van der Waals surface area (Å²) in [6.07, 6.45) is 1.38. The minimum absolute atomic E-state index is 0.0123. The van der Waals surface area contributed by atoms with Gasteiger partial charge in [0.15, 0.2) is 5.82 Å². The van der Waals surface area contributed by atoms with Gasteiger partial charge in [-0.15, -0.1) is 0 Å². The lowest BCUT2D eigenvalue weighted by Gasteiger charge is -2.33. The molecule has 4 rings (SSSR count). The number of piperidine rings is 1. The topological polar surface area (TPSA) is 88.5 Å². The summed E-state index contributed by atoms with van der Waals surface area (Å²) in [6.45, 7) is 7.22. The fourth-order valence-corrected chi connectivity index (χ4v) is 4.42. The molecule has 184 valence electrons. The van der Waals surface area contributed by atoms with Gasteiger partial charge in [0.2, 0.25) is 11.8 Å². The van der Waals surface area contributed by atoms with Crippen molar-refractivity contribution in [2.24, 2.45) is 5.92 Å². The van der Waals surface area contributed by atoms with Crippen molar-refractivity contribution in [3.8, 4) is 11.4 Å². The van der Waals surface area contributed by atoms with Crippen molar-refractivity contribution < 1.29 is 14.3 Å². The first-order valence-electron chi connectivity index (χ1n) is 11.8. The highest BCUT2D eigenvalue weighted by molar-refractivity contribution is 6.30. The number of amides is 2. The van der Waals surface area contributed by atoms with E-state index in [9.17, 15) is 9.59 Å². The van der Waals surface area contributed by atoms with Crippen LogP contribution in [0.3, 0.4) is 0 Å². The first kappa shape index (κ1) is 24.6. The van der Waals surface area contributed by atoms with E-state index < -0.39 is 0 Å². The quantitative estimate of drug-likeness (QED) is 0.479. The maximum Gasteiger partial charge on any atom is 0.227 e. The Morgan fingerprint density at radius 2 is 1.71 bits per heavy atom. The number of carbonyl (C=O) groups is 2. The average Bonchev–Trinajstić information content (AvgIpc) is 3.16. The Kier molecular flexibility index (Phi) is 7.60. The molecule has 2 heterocycles. The molecule has 0 radical (unpaired) electrons. The number of anilines is 3. The van der Waals surface area contributed by atoms with Crippen molar-refractivity contribution in [3.63, 3.8) is 0 Å². The van der Waals surface area contributed by atoms with Crippen LogP contribution < -0.4 is 20.3 Å². The summed E-state index contributed by atoms with van der Waals surface area (Å²) in [5.41, 5.74) is 3.01. The number of benzene rings is 2. The van der Waals surface area contributed by atoms with Crippen LogP contribution in [-0.2, 0) is 9.59 Å². The molecule has 1 saturated heterocycles. The van der Waals surface area contributed by atoms with E-state index in [1.54, 1.807) is 0 Å². The molecule has 2 amide bonds. The standard InChI is InChI=1S/C26H30ClN5O3/c1-4-35-23-11-7-21(8-12-23)29-25(34)19-13-15-31(16-14-19)26-24(28-18(3)33)17(2)30-32(26)22-9-5-20(27)6-10-22/h5-12,19H,4,13-16H2,1-3H3,(H,28,33)(H,29,34). The van der Waals surface area contributed by atoms with Crippen molar-refractivity contribution in [2.45, 2.75) is 33.6 Å².